The fraction of sp³-hybridized carbons (Fsp3) is 0.893. The number of hydrogen-bond donors (Lipinski definition) is 3. The fourth-order valence-corrected chi connectivity index (χ4v) is 8.24. The van der Waals surface area contributed by atoms with Crippen LogP contribution in [0, 0.1) is 29.6 Å². The standard InChI is InChI=1S/C28H50INO7/c1-10-22-28(8,34)25(32)18(4)23(29-37-21-12-11-13-30-15-21)16(2)14-27(7,35-9)20(6)17(3)24(31)19(5)26(33)36-22/h16-22,25,30,32,34H,10-15H2,1-9H3/t16-,17-,18+,19-,20-,21-,22-,25-,27-,28-/m1/s1. The van der Waals surface area contributed by atoms with Gasteiger partial charge in [-0.1, -0.05) is 34.6 Å². The summed E-state index contributed by atoms with van der Waals surface area (Å²) in [6.45, 7) is 16.6. The van der Waals surface area contributed by atoms with Gasteiger partial charge in [0.25, 0.3) is 0 Å². The molecule has 0 amide bonds. The van der Waals surface area contributed by atoms with Crippen molar-refractivity contribution in [2.45, 2.75) is 111 Å². The molecule has 37 heavy (non-hydrogen) atoms. The minimum absolute atomic E-state index is 0.0162. The summed E-state index contributed by atoms with van der Waals surface area (Å²) in [5.41, 5.74) is -2.36. The summed E-state index contributed by atoms with van der Waals surface area (Å²) in [7, 11) is 1.66. The van der Waals surface area contributed by atoms with Gasteiger partial charge < -0.3 is 28.1 Å². The van der Waals surface area contributed by atoms with Gasteiger partial charge in [0.2, 0.25) is 0 Å². The smallest absolute Gasteiger partial charge is 0.316 e. The first-order valence-corrected chi connectivity index (χ1v) is 15.7. The van der Waals surface area contributed by atoms with E-state index in [9.17, 15) is 19.8 Å². The van der Waals surface area contributed by atoms with Crippen LogP contribution in [0.4, 0.5) is 0 Å². The van der Waals surface area contributed by atoms with E-state index in [0.717, 1.165) is 29.4 Å². The number of carbonyl (C=O) groups excluding carboxylic acids is 2. The highest BCUT2D eigenvalue weighted by molar-refractivity contribution is 14.2. The van der Waals surface area contributed by atoms with Crippen molar-refractivity contribution in [3.05, 3.63) is 0 Å². The largest absolute Gasteiger partial charge is 0.459 e. The molecule has 0 saturated carbocycles. The predicted octanol–water partition coefficient (Wildman–Crippen LogP) is 3.81. The maximum atomic E-state index is 13.3. The van der Waals surface area contributed by atoms with Gasteiger partial charge in [0.1, 0.15) is 23.4 Å². The van der Waals surface area contributed by atoms with E-state index in [4.69, 9.17) is 12.5 Å². The molecule has 2 aliphatic rings. The molecule has 0 aliphatic carbocycles. The van der Waals surface area contributed by atoms with Gasteiger partial charge in [0.05, 0.1) is 17.8 Å². The number of cyclic esters (lactones) is 1. The van der Waals surface area contributed by atoms with E-state index in [2.05, 4.69) is 12.2 Å². The Hall–Kier alpha value is -0.460. The number of aliphatic hydroxyl groups is 2. The first-order chi connectivity index (χ1) is 17.2. The Morgan fingerprint density at radius 1 is 1.14 bits per heavy atom. The molecule has 2 aliphatic heterocycles. The summed E-state index contributed by atoms with van der Waals surface area (Å²) in [4.78, 5) is 26.4. The van der Waals surface area contributed by atoms with Gasteiger partial charge in [-0.25, -0.2) is 0 Å². The molecule has 2 rings (SSSR count). The molecule has 2 saturated heterocycles. The van der Waals surface area contributed by atoms with E-state index >= 15 is 0 Å². The molecule has 0 spiro atoms. The lowest BCUT2D eigenvalue weighted by Gasteiger charge is -2.43. The van der Waals surface area contributed by atoms with Crippen LogP contribution in [0.5, 0.6) is 0 Å². The van der Waals surface area contributed by atoms with Crippen LogP contribution in [-0.2, 0) is 22.1 Å². The molecule has 0 aromatic rings. The third-order valence-corrected chi connectivity index (χ3v) is 12.4. The topological polar surface area (TPSA) is 114 Å². The number of ketones is 1. The third-order valence-electron chi connectivity index (χ3n) is 8.89. The Morgan fingerprint density at radius 3 is 2.32 bits per heavy atom. The highest BCUT2D eigenvalue weighted by Gasteiger charge is 2.48. The number of ether oxygens (including phenoxy) is 2. The first kappa shape index (κ1) is 32.8. The molecule has 0 aromatic heterocycles. The van der Waals surface area contributed by atoms with Crippen LogP contribution in [0.1, 0.15) is 81.1 Å². The van der Waals surface area contributed by atoms with Crippen molar-refractivity contribution < 1.29 is 32.3 Å². The second-order valence-electron chi connectivity index (χ2n) is 11.6. The van der Waals surface area contributed by atoms with E-state index in [1.165, 1.54) is 6.92 Å². The Balaban J connectivity index is 2.57. The van der Waals surface area contributed by atoms with Gasteiger partial charge in [-0.15, -0.1) is 0 Å². The number of hydrogen-bond acceptors (Lipinski definition) is 8. The Morgan fingerprint density at radius 2 is 1.78 bits per heavy atom. The zero-order valence-corrected chi connectivity index (χ0v) is 26.3. The maximum absolute atomic E-state index is 13.3. The summed E-state index contributed by atoms with van der Waals surface area (Å²) < 4.78 is 19.3. The molecule has 10 atom stereocenters. The lowest BCUT2D eigenvalue weighted by molar-refractivity contribution is -0.186. The molecule has 0 unspecified atom stereocenters. The molecule has 216 valence electrons. The van der Waals surface area contributed by atoms with Gasteiger partial charge in [-0.05, 0) is 68.3 Å². The van der Waals surface area contributed by atoms with E-state index in [-0.39, 0.29) is 23.7 Å². The van der Waals surface area contributed by atoms with Crippen molar-refractivity contribution in [1.29, 1.82) is 0 Å². The summed E-state index contributed by atoms with van der Waals surface area (Å²) in [6, 6.07) is 0. The SMILES string of the molecule is CC[C@H]1OC(=O)[C@H](C)C(=O)[C@H](C)[C@@H](C)[C@](C)(OC)C[C@@H](C)C(=IO[C@@H]2CCCNC2)[C@H](C)[C@@H](O)[C@]1(C)O. The third kappa shape index (κ3) is 7.60. The van der Waals surface area contributed by atoms with Crippen LogP contribution in [-0.4, -0.2) is 75.2 Å². The molecule has 0 bridgehead atoms. The monoisotopic (exact) mass is 639 g/mol. The van der Waals surface area contributed by atoms with Crippen LogP contribution in [0.3, 0.4) is 0 Å². The number of rotatable bonds is 4. The second-order valence-corrected chi connectivity index (χ2v) is 13.8. The summed E-state index contributed by atoms with van der Waals surface area (Å²) in [5.74, 6) is -2.85. The number of carbonyl (C=O) groups is 2. The Bertz CT molecular complexity index is 812. The molecule has 2 fully saturated rings. The van der Waals surface area contributed by atoms with E-state index < -0.39 is 68.3 Å². The predicted molar refractivity (Wildman–Crippen MR) is 154 cm³/mol. The van der Waals surface area contributed by atoms with E-state index in [1.807, 2.05) is 27.7 Å². The number of piperidine rings is 1. The summed E-state index contributed by atoms with van der Waals surface area (Å²) in [5, 5.41) is 26.4. The van der Waals surface area contributed by atoms with Gasteiger partial charge in [-0.2, -0.15) is 0 Å². The molecule has 2 heterocycles. The lowest BCUT2D eigenvalue weighted by Crippen LogP contribution is -2.56. The van der Waals surface area contributed by atoms with Gasteiger partial charge >= 0.3 is 5.97 Å². The summed E-state index contributed by atoms with van der Waals surface area (Å²) >= 11 is -0.893. The van der Waals surface area contributed by atoms with Crippen molar-refractivity contribution in [2.75, 3.05) is 20.2 Å². The fourth-order valence-electron chi connectivity index (χ4n) is 5.76. The van der Waals surface area contributed by atoms with Crippen LogP contribution in [0.2, 0.25) is 0 Å². The molecule has 0 radical (unpaired) electrons. The van der Waals surface area contributed by atoms with Crippen molar-refractivity contribution in [3.8, 4) is 0 Å². The van der Waals surface area contributed by atoms with Gasteiger partial charge in [0, 0.05) is 46.6 Å². The number of aliphatic hydroxyl groups excluding tert-OH is 1. The highest BCUT2D eigenvalue weighted by atomic mass is 127. The molecule has 8 nitrogen and oxygen atoms in total. The zero-order valence-electron chi connectivity index (χ0n) is 24.2. The van der Waals surface area contributed by atoms with Gasteiger partial charge in [0.15, 0.2) is 0 Å². The number of methoxy groups -OCH3 is 1. The number of halogens is 1. The average molecular weight is 640 g/mol. The van der Waals surface area contributed by atoms with Gasteiger partial charge in [-0.3, -0.25) is 9.59 Å². The quantitative estimate of drug-likeness (QED) is 0.242. The zero-order chi connectivity index (χ0) is 28.1. The number of nitrogens with one attached hydrogen (secondary N) is 1. The number of esters is 1. The Labute approximate surface area is 233 Å². The minimum atomic E-state index is -1.71. The van der Waals surface area contributed by atoms with E-state index in [1.54, 1.807) is 21.0 Å². The second kappa shape index (κ2) is 13.7. The van der Waals surface area contributed by atoms with E-state index in [0.29, 0.717) is 12.8 Å². The van der Waals surface area contributed by atoms with Crippen molar-refractivity contribution >= 4 is 36.4 Å². The minimum Gasteiger partial charge on any atom is -0.459 e. The molecule has 3 N–H and O–H groups in total. The first-order valence-electron chi connectivity index (χ1n) is 13.8. The molecular formula is C28H50INO7. The Kier molecular flexibility index (Phi) is 12.2. The average Bonchev–Trinajstić information content (AvgIpc) is 2.88. The maximum Gasteiger partial charge on any atom is 0.316 e. The van der Waals surface area contributed by atoms with Crippen molar-refractivity contribution in [2.24, 2.45) is 29.6 Å². The lowest BCUT2D eigenvalue weighted by atomic mass is 9.71. The normalized spacial score (nSPS) is 44.6. The van der Waals surface area contributed by atoms with Crippen molar-refractivity contribution in [3.63, 3.8) is 0 Å². The molecular weight excluding hydrogens is 589 g/mol. The highest BCUT2D eigenvalue weighted by Crippen LogP contribution is 2.39. The van der Waals surface area contributed by atoms with Crippen molar-refractivity contribution in [1.82, 2.24) is 5.32 Å². The van der Waals surface area contributed by atoms with Crippen LogP contribution in [0.25, 0.3) is 0 Å². The van der Waals surface area contributed by atoms with Crippen LogP contribution >= 0.6 is 21.1 Å². The number of Topliss-reactive ketones (excluding diaryl/α,β-unsaturated/α-hetero) is 1. The molecule has 9 heteroatoms. The van der Waals surface area contributed by atoms with Crippen LogP contribution < -0.4 is 5.32 Å². The van der Waals surface area contributed by atoms with Crippen LogP contribution in [0.15, 0.2) is 0 Å². The summed E-state index contributed by atoms with van der Waals surface area (Å²) in [6.07, 6.45) is 0.997. The molecule has 0 aromatic carbocycles.